The molecule has 102 valence electrons. The maximum atomic E-state index is 11.6. The van der Waals surface area contributed by atoms with Gasteiger partial charge in [-0.2, -0.15) is 0 Å². The Morgan fingerprint density at radius 3 is 2.37 bits per heavy atom. The number of aryl methyl sites for hydroxylation is 1. The van der Waals surface area contributed by atoms with Gasteiger partial charge in [0.05, 0.1) is 12.7 Å². The van der Waals surface area contributed by atoms with Gasteiger partial charge in [-0.1, -0.05) is 12.1 Å². The minimum absolute atomic E-state index is 0.0887. The molecule has 0 radical (unpaired) electrons. The van der Waals surface area contributed by atoms with Gasteiger partial charge in [0.1, 0.15) is 0 Å². The van der Waals surface area contributed by atoms with Crippen molar-refractivity contribution < 1.29 is 14.3 Å². The van der Waals surface area contributed by atoms with Crippen LogP contribution < -0.4 is 0 Å². The highest BCUT2D eigenvalue weighted by Gasteiger charge is 2.05. The summed E-state index contributed by atoms with van der Waals surface area (Å²) in [7, 11) is 5.09. The largest absolute Gasteiger partial charge is 0.465 e. The van der Waals surface area contributed by atoms with Crippen molar-refractivity contribution in [3.63, 3.8) is 0 Å². The van der Waals surface area contributed by atoms with Gasteiger partial charge in [0.25, 0.3) is 0 Å². The van der Waals surface area contributed by atoms with Gasteiger partial charge in [0.2, 0.25) is 0 Å². The molecule has 0 atom stereocenters. The molecule has 0 aromatic heterocycles. The first-order valence-corrected chi connectivity index (χ1v) is 6.07. The zero-order chi connectivity index (χ0) is 14.3. The van der Waals surface area contributed by atoms with Crippen LogP contribution in [0.4, 0.5) is 0 Å². The van der Waals surface area contributed by atoms with E-state index in [0.29, 0.717) is 18.4 Å². The number of rotatable bonds is 6. The number of ketones is 1. The Bertz CT molecular complexity index is 461. The maximum absolute atomic E-state index is 11.6. The van der Waals surface area contributed by atoms with Crippen molar-refractivity contribution >= 4 is 11.8 Å². The second-order valence-corrected chi connectivity index (χ2v) is 4.43. The summed E-state index contributed by atoms with van der Waals surface area (Å²) >= 11 is 0. The minimum Gasteiger partial charge on any atom is -0.465 e. The van der Waals surface area contributed by atoms with Gasteiger partial charge in [-0.15, -0.1) is 0 Å². The molecule has 0 N–H and O–H groups in total. The van der Waals surface area contributed by atoms with Crippen LogP contribution in [0.15, 0.2) is 36.5 Å². The summed E-state index contributed by atoms with van der Waals surface area (Å²) in [5.74, 6) is -0.262. The van der Waals surface area contributed by atoms with Crippen molar-refractivity contribution in [2.24, 2.45) is 0 Å². The quantitative estimate of drug-likeness (QED) is 0.581. The predicted molar refractivity (Wildman–Crippen MR) is 73.9 cm³/mol. The van der Waals surface area contributed by atoms with E-state index in [1.54, 1.807) is 24.4 Å². The smallest absolute Gasteiger partial charge is 0.337 e. The number of carbonyl (C=O) groups excluding carboxylic acids is 2. The molecule has 0 saturated carbocycles. The Labute approximate surface area is 113 Å². The van der Waals surface area contributed by atoms with Gasteiger partial charge in [0, 0.05) is 26.7 Å². The normalized spacial score (nSPS) is 10.5. The molecule has 19 heavy (non-hydrogen) atoms. The van der Waals surface area contributed by atoms with Crippen LogP contribution in [0.5, 0.6) is 0 Å². The highest BCUT2D eigenvalue weighted by atomic mass is 16.5. The van der Waals surface area contributed by atoms with Crippen LogP contribution in [0.3, 0.4) is 0 Å². The summed E-state index contributed by atoms with van der Waals surface area (Å²) in [6, 6.07) is 7.10. The van der Waals surface area contributed by atoms with Gasteiger partial charge in [-0.3, -0.25) is 4.79 Å². The van der Waals surface area contributed by atoms with Gasteiger partial charge in [-0.05, 0) is 30.2 Å². The fraction of sp³-hybridized carbons (Fsp3) is 0.333. The van der Waals surface area contributed by atoms with Crippen LogP contribution >= 0.6 is 0 Å². The zero-order valence-corrected chi connectivity index (χ0v) is 11.6. The Morgan fingerprint density at radius 2 is 1.84 bits per heavy atom. The first-order chi connectivity index (χ1) is 9.02. The predicted octanol–water partition coefficient (Wildman–Crippen LogP) is 2.05. The molecule has 1 aromatic rings. The molecular weight excluding hydrogens is 242 g/mol. The zero-order valence-electron chi connectivity index (χ0n) is 11.6. The molecule has 1 rings (SSSR count). The van der Waals surface area contributed by atoms with Crippen molar-refractivity contribution in [1.29, 1.82) is 0 Å². The lowest BCUT2D eigenvalue weighted by Gasteiger charge is -2.03. The van der Waals surface area contributed by atoms with Crippen molar-refractivity contribution in [2.75, 3.05) is 21.2 Å². The second-order valence-electron chi connectivity index (χ2n) is 4.43. The van der Waals surface area contributed by atoms with E-state index in [1.807, 2.05) is 31.1 Å². The van der Waals surface area contributed by atoms with E-state index in [4.69, 9.17) is 0 Å². The van der Waals surface area contributed by atoms with E-state index in [0.717, 1.165) is 5.56 Å². The summed E-state index contributed by atoms with van der Waals surface area (Å²) in [6.45, 7) is 0. The molecule has 0 unspecified atom stereocenters. The van der Waals surface area contributed by atoms with Gasteiger partial charge in [-0.25, -0.2) is 4.79 Å². The van der Waals surface area contributed by atoms with E-state index in [9.17, 15) is 9.59 Å². The topological polar surface area (TPSA) is 46.6 Å². The number of methoxy groups -OCH3 is 1. The fourth-order valence-electron chi connectivity index (χ4n) is 1.51. The van der Waals surface area contributed by atoms with Crippen LogP contribution in [-0.4, -0.2) is 37.9 Å². The molecule has 0 aliphatic heterocycles. The first kappa shape index (κ1) is 15.0. The Morgan fingerprint density at radius 1 is 1.21 bits per heavy atom. The molecule has 0 heterocycles. The lowest BCUT2D eigenvalue weighted by Crippen LogP contribution is -2.04. The van der Waals surface area contributed by atoms with Crippen LogP contribution in [0.1, 0.15) is 22.3 Å². The van der Waals surface area contributed by atoms with Gasteiger partial charge < -0.3 is 9.64 Å². The van der Waals surface area contributed by atoms with Crippen LogP contribution in [0, 0.1) is 0 Å². The third-order valence-electron chi connectivity index (χ3n) is 2.59. The molecule has 0 spiro atoms. The number of allylic oxidation sites excluding steroid dienone is 1. The van der Waals surface area contributed by atoms with Crippen LogP contribution in [0.25, 0.3) is 0 Å². The van der Waals surface area contributed by atoms with Crippen molar-refractivity contribution in [1.82, 2.24) is 4.90 Å². The third kappa shape index (κ3) is 5.38. The average Bonchev–Trinajstić information content (AvgIpc) is 2.42. The van der Waals surface area contributed by atoms with E-state index in [2.05, 4.69) is 4.74 Å². The number of carbonyl (C=O) groups is 2. The Kier molecular flexibility index (Phi) is 5.79. The Balaban J connectivity index is 2.50. The summed E-state index contributed by atoms with van der Waals surface area (Å²) in [4.78, 5) is 24.6. The first-order valence-electron chi connectivity index (χ1n) is 6.07. The van der Waals surface area contributed by atoms with E-state index >= 15 is 0 Å². The standard InChI is InChI=1S/C15H19NO3/c1-16(2)11-10-14(17)9-6-12-4-7-13(8-5-12)15(18)19-3/h4-5,7-8,10-11H,6,9H2,1-3H3/b11-10+. The molecule has 0 aliphatic carbocycles. The SMILES string of the molecule is COC(=O)c1ccc(CCC(=O)/C=C/N(C)C)cc1. The van der Waals surface area contributed by atoms with Crippen molar-refractivity contribution in [3.05, 3.63) is 47.7 Å². The lowest BCUT2D eigenvalue weighted by molar-refractivity contribution is -0.114. The molecule has 4 nitrogen and oxygen atoms in total. The highest BCUT2D eigenvalue weighted by Crippen LogP contribution is 2.08. The summed E-state index contributed by atoms with van der Waals surface area (Å²) in [6.07, 6.45) is 4.44. The molecular formula is C15H19NO3. The van der Waals surface area contributed by atoms with E-state index in [-0.39, 0.29) is 11.8 Å². The molecule has 0 saturated heterocycles. The monoisotopic (exact) mass is 261 g/mol. The number of ether oxygens (including phenoxy) is 1. The third-order valence-corrected chi connectivity index (χ3v) is 2.59. The van der Waals surface area contributed by atoms with Crippen molar-refractivity contribution in [2.45, 2.75) is 12.8 Å². The molecule has 0 fully saturated rings. The molecule has 0 bridgehead atoms. The molecule has 0 amide bonds. The van der Waals surface area contributed by atoms with Crippen LogP contribution in [0.2, 0.25) is 0 Å². The van der Waals surface area contributed by atoms with E-state index < -0.39 is 0 Å². The lowest BCUT2D eigenvalue weighted by atomic mass is 10.1. The fourth-order valence-corrected chi connectivity index (χ4v) is 1.51. The summed E-state index contributed by atoms with van der Waals surface area (Å²) < 4.78 is 4.62. The van der Waals surface area contributed by atoms with Crippen LogP contribution in [-0.2, 0) is 16.0 Å². The highest BCUT2D eigenvalue weighted by molar-refractivity contribution is 5.90. The second kappa shape index (κ2) is 7.36. The molecule has 1 aromatic carbocycles. The number of benzene rings is 1. The van der Waals surface area contributed by atoms with Gasteiger partial charge >= 0.3 is 5.97 Å². The van der Waals surface area contributed by atoms with Gasteiger partial charge in [0.15, 0.2) is 5.78 Å². The summed E-state index contributed by atoms with van der Waals surface area (Å²) in [5, 5.41) is 0. The molecule has 4 heteroatoms. The number of hydrogen-bond acceptors (Lipinski definition) is 4. The number of esters is 1. The number of nitrogens with zero attached hydrogens (tertiary/aromatic N) is 1. The van der Waals surface area contributed by atoms with E-state index in [1.165, 1.54) is 7.11 Å². The minimum atomic E-state index is -0.350. The average molecular weight is 261 g/mol. The summed E-state index contributed by atoms with van der Waals surface area (Å²) in [5.41, 5.74) is 1.55. The number of hydrogen-bond donors (Lipinski definition) is 0. The molecule has 0 aliphatic rings. The van der Waals surface area contributed by atoms with Crippen molar-refractivity contribution in [3.8, 4) is 0 Å². The maximum Gasteiger partial charge on any atom is 0.337 e. The Hall–Kier alpha value is -2.10.